The lowest BCUT2D eigenvalue weighted by Gasteiger charge is -1.99. The molecule has 1 N–H and O–H groups in total. The molecule has 3 rings (SSSR count). The van der Waals surface area contributed by atoms with E-state index < -0.39 is 5.82 Å². The van der Waals surface area contributed by atoms with Gasteiger partial charge in [0.1, 0.15) is 11.6 Å². The second-order valence-corrected chi connectivity index (χ2v) is 4.26. The number of carbonyl (C=O) groups is 1. The molecule has 94 valence electrons. The van der Waals surface area contributed by atoms with E-state index in [4.69, 9.17) is 0 Å². The van der Waals surface area contributed by atoms with Gasteiger partial charge in [-0.1, -0.05) is 12.1 Å². The lowest BCUT2D eigenvalue weighted by Crippen LogP contribution is -2.03. The van der Waals surface area contributed by atoms with Gasteiger partial charge in [-0.15, -0.1) is 0 Å². The topological polar surface area (TPSA) is 29.1 Å². The average molecular weight is 257 g/mol. The van der Waals surface area contributed by atoms with Crippen molar-refractivity contribution in [3.63, 3.8) is 0 Å². The number of rotatable bonds is 1. The van der Waals surface area contributed by atoms with Crippen molar-refractivity contribution in [2.24, 2.45) is 0 Å². The Hall–Kier alpha value is -2.49. The number of halogens is 2. The quantitative estimate of drug-likeness (QED) is 0.779. The zero-order valence-electron chi connectivity index (χ0n) is 9.78. The molecule has 2 aromatic carbocycles. The van der Waals surface area contributed by atoms with Crippen LogP contribution in [0.2, 0.25) is 0 Å². The highest BCUT2D eigenvalue weighted by molar-refractivity contribution is 6.34. The molecule has 0 radical (unpaired) electrons. The summed E-state index contributed by atoms with van der Waals surface area (Å²) in [5, 5.41) is 2.64. The molecule has 1 heterocycles. The van der Waals surface area contributed by atoms with Crippen LogP contribution >= 0.6 is 0 Å². The van der Waals surface area contributed by atoms with Gasteiger partial charge in [0.05, 0.1) is 0 Å². The number of nitrogens with one attached hydrogen (secondary N) is 1. The Kier molecular flexibility index (Phi) is 2.63. The van der Waals surface area contributed by atoms with Crippen molar-refractivity contribution in [2.45, 2.75) is 0 Å². The highest BCUT2D eigenvalue weighted by Crippen LogP contribution is 2.33. The van der Waals surface area contributed by atoms with Gasteiger partial charge in [0.15, 0.2) is 0 Å². The highest BCUT2D eigenvalue weighted by atomic mass is 19.1. The molecule has 0 atom stereocenters. The highest BCUT2D eigenvalue weighted by Gasteiger charge is 2.24. The first-order chi connectivity index (χ1) is 9.13. The SMILES string of the molecule is O=C1Nc2ccc(F)cc2/C1=C\c1cccc(F)c1. The first-order valence-corrected chi connectivity index (χ1v) is 5.72. The molecule has 0 aromatic heterocycles. The molecule has 0 aliphatic carbocycles. The van der Waals surface area contributed by atoms with Gasteiger partial charge in [-0.25, -0.2) is 8.78 Å². The van der Waals surface area contributed by atoms with Crippen LogP contribution in [0.3, 0.4) is 0 Å². The molecule has 0 saturated heterocycles. The molecule has 0 unspecified atom stereocenters. The maximum Gasteiger partial charge on any atom is 0.256 e. The minimum atomic E-state index is -0.416. The summed E-state index contributed by atoms with van der Waals surface area (Å²) in [6.45, 7) is 0. The molecule has 0 spiro atoms. The van der Waals surface area contributed by atoms with E-state index in [0.717, 1.165) is 0 Å². The van der Waals surface area contributed by atoms with Crippen LogP contribution in [0.1, 0.15) is 11.1 Å². The third-order valence-corrected chi connectivity index (χ3v) is 2.92. The molecule has 0 bridgehead atoms. The zero-order valence-corrected chi connectivity index (χ0v) is 9.78. The predicted molar refractivity (Wildman–Crippen MR) is 69.3 cm³/mol. The molecule has 1 amide bonds. The molecule has 1 aliphatic rings. The van der Waals surface area contributed by atoms with Crippen molar-refractivity contribution in [3.05, 3.63) is 65.2 Å². The maximum atomic E-state index is 13.2. The van der Waals surface area contributed by atoms with Crippen molar-refractivity contribution in [2.75, 3.05) is 5.32 Å². The summed E-state index contributed by atoms with van der Waals surface area (Å²) < 4.78 is 26.3. The number of carbonyl (C=O) groups excluding carboxylic acids is 1. The van der Waals surface area contributed by atoms with Crippen molar-refractivity contribution >= 4 is 23.2 Å². The fraction of sp³-hybridized carbons (Fsp3) is 0. The number of hydrogen-bond donors (Lipinski definition) is 1. The number of benzene rings is 2. The van der Waals surface area contributed by atoms with E-state index in [0.29, 0.717) is 22.4 Å². The molecule has 0 fully saturated rings. The second-order valence-electron chi connectivity index (χ2n) is 4.26. The van der Waals surface area contributed by atoms with Crippen LogP contribution in [0.5, 0.6) is 0 Å². The summed E-state index contributed by atoms with van der Waals surface area (Å²) in [5.74, 6) is -1.11. The normalized spacial score (nSPS) is 15.5. The van der Waals surface area contributed by atoms with E-state index in [-0.39, 0.29) is 11.7 Å². The van der Waals surface area contributed by atoms with E-state index in [9.17, 15) is 13.6 Å². The molecule has 2 nitrogen and oxygen atoms in total. The lowest BCUT2D eigenvalue weighted by molar-refractivity contribution is -0.110. The molecule has 0 saturated carbocycles. The van der Waals surface area contributed by atoms with E-state index in [1.54, 1.807) is 18.2 Å². The van der Waals surface area contributed by atoms with E-state index in [1.807, 2.05) is 0 Å². The minimum Gasteiger partial charge on any atom is -0.321 e. The monoisotopic (exact) mass is 257 g/mol. The van der Waals surface area contributed by atoms with Gasteiger partial charge in [-0.05, 0) is 42.0 Å². The van der Waals surface area contributed by atoms with Crippen LogP contribution in [-0.2, 0) is 4.79 Å². The van der Waals surface area contributed by atoms with E-state index in [1.165, 1.54) is 30.3 Å². The number of hydrogen-bond acceptors (Lipinski definition) is 1. The van der Waals surface area contributed by atoms with Gasteiger partial charge >= 0.3 is 0 Å². The molecule has 19 heavy (non-hydrogen) atoms. The number of amides is 1. The first-order valence-electron chi connectivity index (χ1n) is 5.72. The Morgan fingerprint density at radius 1 is 1.00 bits per heavy atom. The number of anilines is 1. The fourth-order valence-corrected chi connectivity index (χ4v) is 2.07. The van der Waals surface area contributed by atoms with Crippen LogP contribution in [0, 0.1) is 11.6 Å². The standard InChI is InChI=1S/C15H9F2NO/c16-10-3-1-2-9(6-10)7-13-12-8-11(17)4-5-14(12)18-15(13)19/h1-8H,(H,18,19)/b13-7+. The third-order valence-electron chi connectivity index (χ3n) is 2.92. The predicted octanol–water partition coefficient (Wildman–Crippen LogP) is 3.46. The Bertz CT molecular complexity index is 707. The van der Waals surface area contributed by atoms with Crippen molar-refractivity contribution in [1.29, 1.82) is 0 Å². The largest absolute Gasteiger partial charge is 0.321 e. The summed E-state index contributed by atoms with van der Waals surface area (Å²) >= 11 is 0. The zero-order chi connectivity index (χ0) is 13.4. The van der Waals surface area contributed by atoms with Crippen LogP contribution in [0.4, 0.5) is 14.5 Å². The summed E-state index contributed by atoms with van der Waals surface area (Å²) in [6, 6.07) is 9.96. The van der Waals surface area contributed by atoms with Crippen LogP contribution in [0.25, 0.3) is 11.6 Å². The second kappa shape index (κ2) is 4.31. The van der Waals surface area contributed by atoms with Crippen LogP contribution in [0.15, 0.2) is 42.5 Å². The Balaban J connectivity index is 2.11. The summed E-state index contributed by atoms with van der Waals surface area (Å²) in [5.41, 5.74) is 1.95. The minimum absolute atomic E-state index is 0.315. The molecular weight excluding hydrogens is 248 g/mol. The first kappa shape index (κ1) is 11.6. The molecular formula is C15H9F2NO. The molecule has 1 aliphatic heterocycles. The Morgan fingerprint density at radius 2 is 1.79 bits per heavy atom. The van der Waals surface area contributed by atoms with Gasteiger partial charge < -0.3 is 5.32 Å². The summed E-state index contributed by atoms with van der Waals surface area (Å²) in [7, 11) is 0. The van der Waals surface area contributed by atoms with Crippen molar-refractivity contribution in [1.82, 2.24) is 0 Å². The summed E-state index contributed by atoms with van der Waals surface area (Å²) in [4.78, 5) is 11.8. The Morgan fingerprint density at radius 3 is 2.58 bits per heavy atom. The van der Waals surface area contributed by atoms with Gasteiger partial charge in [0, 0.05) is 16.8 Å². The smallest absolute Gasteiger partial charge is 0.256 e. The maximum absolute atomic E-state index is 13.2. The van der Waals surface area contributed by atoms with E-state index >= 15 is 0 Å². The Labute approximate surface area is 108 Å². The van der Waals surface area contributed by atoms with Crippen molar-refractivity contribution < 1.29 is 13.6 Å². The van der Waals surface area contributed by atoms with Crippen LogP contribution < -0.4 is 5.32 Å². The van der Waals surface area contributed by atoms with Crippen molar-refractivity contribution in [3.8, 4) is 0 Å². The average Bonchev–Trinajstić information content (AvgIpc) is 2.66. The van der Waals surface area contributed by atoms with Gasteiger partial charge in [0.25, 0.3) is 5.91 Å². The van der Waals surface area contributed by atoms with Crippen LogP contribution in [-0.4, -0.2) is 5.91 Å². The fourth-order valence-electron chi connectivity index (χ4n) is 2.07. The molecule has 2 aromatic rings. The molecule has 4 heteroatoms. The lowest BCUT2D eigenvalue weighted by atomic mass is 10.0. The third kappa shape index (κ3) is 2.12. The van der Waals surface area contributed by atoms with E-state index in [2.05, 4.69) is 5.32 Å². The van der Waals surface area contributed by atoms with Gasteiger partial charge in [0.2, 0.25) is 0 Å². The van der Waals surface area contributed by atoms with Gasteiger partial charge in [-0.3, -0.25) is 4.79 Å². The van der Waals surface area contributed by atoms with Gasteiger partial charge in [-0.2, -0.15) is 0 Å². The summed E-state index contributed by atoms with van der Waals surface area (Å²) in [6.07, 6.45) is 1.55. The number of fused-ring (bicyclic) bond motifs is 1.